The van der Waals surface area contributed by atoms with E-state index in [0.29, 0.717) is 18.4 Å². The number of furan rings is 1. The van der Waals surface area contributed by atoms with Crippen molar-refractivity contribution in [3.8, 4) is 5.75 Å². The Bertz CT molecular complexity index is 588. The van der Waals surface area contributed by atoms with Crippen LogP contribution in [0.4, 0.5) is 0 Å². The molecule has 0 aliphatic rings. The molecule has 0 fully saturated rings. The second-order valence-corrected chi connectivity index (χ2v) is 5.62. The molecule has 0 spiro atoms. The summed E-state index contributed by atoms with van der Waals surface area (Å²) in [6.45, 7) is 1.07. The molecule has 0 amide bonds. The Morgan fingerprint density at radius 1 is 1.29 bits per heavy atom. The number of benzene rings is 1. The van der Waals surface area contributed by atoms with E-state index >= 15 is 0 Å². The molecule has 0 saturated heterocycles. The minimum Gasteiger partial charge on any atom is -0.490 e. The first-order valence-corrected chi connectivity index (χ1v) is 7.66. The van der Waals surface area contributed by atoms with Crippen LogP contribution in [0.1, 0.15) is 17.4 Å². The lowest BCUT2D eigenvalue weighted by molar-refractivity contribution is 0.146. The van der Waals surface area contributed by atoms with Crippen molar-refractivity contribution in [2.24, 2.45) is 0 Å². The number of rotatable bonds is 7. The summed E-state index contributed by atoms with van der Waals surface area (Å²) in [4.78, 5) is 0. The highest BCUT2D eigenvalue weighted by Gasteiger charge is 2.17. The lowest BCUT2D eigenvalue weighted by Gasteiger charge is -2.16. The Hall–Kier alpha value is -1.01. The zero-order valence-electron chi connectivity index (χ0n) is 11.9. The van der Waals surface area contributed by atoms with Crippen LogP contribution in [0.2, 0.25) is 5.22 Å². The number of halogens is 2. The van der Waals surface area contributed by atoms with Crippen LogP contribution in [0.25, 0.3) is 0 Å². The van der Waals surface area contributed by atoms with E-state index in [0.717, 1.165) is 21.5 Å². The summed E-state index contributed by atoms with van der Waals surface area (Å²) in [6, 6.07) is 9.44. The maximum atomic E-state index is 5.84. The van der Waals surface area contributed by atoms with E-state index in [-0.39, 0.29) is 6.04 Å². The molecule has 4 nitrogen and oxygen atoms in total. The van der Waals surface area contributed by atoms with E-state index in [1.807, 2.05) is 31.3 Å². The van der Waals surface area contributed by atoms with Crippen molar-refractivity contribution in [2.45, 2.75) is 6.04 Å². The zero-order valence-corrected chi connectivity index (χ0v) is 14.2. The van der Waals surface area contributed by atoms with Gasteiger partial charge in [0.05, 0.1) is 17.1 Å². The lowest BCUT2D eigenvalue weighted by atomic mass is 10.0. The highest BCUT2D eigenvalue weighted by atomic mass is 79.9. The molecule has 0 aliphatic heterocycles. The van der Waals surface area contributed by atoms with E-state index in [1.54, 1.807) is 13.2 Å². The normalized spacial score (nSPS) is 12.4. The molecule has 1 aromatic carbocycles. The quantitative estimate of drug-likeness (QED) is 0.743. The lowest BCUT2D eigenvalue weighted by Crippen LogP contribution is -2.17. The van der Waals surface area contributed by atoms with Crippen LogP contribution >= 0.6 is 27.5 Å². The van der Waals surface area contributed by atoms with Crippen LogP contribution in [-0.2, 0) is 4.74 Å². The summed E-state index contributed by atoms with van der Waals surface area (Å²) in [5.41, 5.74) is 1.05. The summed E-state index contributed by atoms with van der Waals surface area (Å²) < 4.78 is 16.9. The molecule has 21 heavy (non-hydrogen) atoms. The fraction of sp³-hybridized carbons (Fsp3) is 0.333. The van der Waals surface area contributed by atoms with E-state index in [2.05, 4.69) is 21.2 Å². The van der Waals surface area contributed by atoms with Crippen LogP contribution < -0.4 is 10.1 Å². The molecule has 2 rings (SSSR count). The van der Waals surface area contributed by atoms with Gasteiger partial charge in [-0.05, 0) is 64.4 Å². The van der Waals surface area contributed by atoms with Gasteiger partial charge in [-0.3, -0.25) is 0 Å². The molecule has 0 bridgehead atoms. The van der Waals surface area contributed by atoms with Gasteiger partial charge in [0.2, 0.25) is 0 Å². The first kappa shape index (κ1) is 16.4. The van der Waals surface area contributed by atoms with Gasteiger partial charge in [-0.15, -0.1) is 0 Å². The van der Waals surface area contributed by atoms with Crippen molar-refractivity contribution in [1.82, 2.24) is 5.32 Å². The van der Waals surface area contributed by atoms with E-state index in [9.17, 15) is 0 Å². The summed E-state index contributed by atoms with van der Waals surface area (Å²) >= 11 is 9.37. The molecule has 1 N–H and O–H groups in total. The second-order valence-electron chi connectivity index (χ2n) is 4.39. The molecule has 0 saturated carbocycles. The SMILES string of the molecule is CNC(c1ccc(OCCOC)c(Br)c1)c1ccc(Cl)o1. The number of ether oxygens (including phenoxy) is 2. The Balaban J connectivity index is 2.17. The van der Waals surface area contributed by atoms with Gasteiger partial charge in [0.1, 0.15) is 18.1 Å². The van der Waals surface area contributed by atoms with Crippen LogP contribution in [0, 0.1) is 0 Å². The van der Waals surface area contributed by atoms with Crippen molar-refractivity contribution < 1.29 is 13.9 Å². The third kappa shape index (κ3) is 4.23. The van der Waals surface area contributed by atoms with Crippen molar-refractivity contribution in [2.75, 3.05) is 27.4 Å². The third-order valence-electron chi connectivity index (χ3n) is 3.00. The molecule has 114 valence electrons. The number of hydrogen-bond acceptors (Lipinski definition) is 4. The molecular weight excluding hydrogens is 358 g/mol. The predicted molar refractivity (Wildman–Crippen MR) is 86.1 cm³/mol. The second kappa shape index (κ2) is 7.84. The topological polar surface area (TPSA) is 43.6 Å². The van der Waals surface area contributed by atoms with Crippen molar-refractivity contribution in [1.29, 1.82) is 0 Å². The molecule has 1 unspecified atom stereocenters. The number of methoxy groups -OCH3 is 1. The minimum atomic E-state index is -0.0678. The Kier molecular flexibility index (Phi) is 6.11. The molecule has 1 aromatic heterocycles. The van der Waals surface area contributed by atoms with Crippen molar-refractivity contribution >= 4 is 27.5 Å². The van der Waals surface area contributed by atoms with Gasteiger partial charge in [0, 0.05) is 7.11 Å². The average molecular weight is 375 g/mol. The molecule has 6 heteroatoms. The number of hydrogen-bond donors (Lipinski definition) is 1. The van der Waals surface area contributed by atoms with Gasteiger partial charge < -0.3 is 19.2 Å². The molecular formula is C15H17BrClNO3. The Morgan fingerprint density at radius 3 is 2.67 bits per heavy atom. The van der Waals surface area contributed by atoms with Crippen LogP contribution in [-0.4, -0.2) is 27.4 Å². The summed E-state index contributed by atoms with van der Waals surface area (Å²) in [5, 5.41) is 3.59. The van der Waals surface area contributed by atoms with E-state index in [1.165, 1.54) is 0 Å². The smallest absolute Gasteiger partial charge is 0.193 e. The fourth-order valence-electron chi connectivity index (χ4n) is 2.01. The fourth-order valence-corrected chi connectivity index (χ4v) is 2.67. The van der Waals surface area contributed by atoms with E-state index in [4.69, 9.17) is 25.5 Å². The van der Waals surface area contributed by atoms with Crippen LogP contribution in [0.5, 0.6) is 5.75 Å². The summed E-state index contributed by atoms with van der Waals surface area (Å²) in [5.74, 6) is 1.55. The first-order chi connectivity index (χ1) is 10.2. The van der Waals surface area contributed by atoms with Gasteiger partial charge in [-0.25, -0.2) is 0 Å². The summed E-state index contributed by atoms with van der Waals surface area (Å²) in [7, 11) is 3.52. The standard InChI is InChI=1S/C15H17BrClNO3/c1-18-15(13-5-6-14(17)21-13)10-3-4-12(11(16)9-10)20-8-7-19-2/h3-6,9,15,18H,7-8H2,1-2H3. The third-order valence-corrected chi connectivity index (χ3v) is 3.82. The van der Waals surface area contributed by atoms with Gasteiger partial charge in [0.25, 0.3) is 0 Å². The average Bonchev–Trinajstić information content (AvgIpc) is 2.88. The molecule has 0 radical (unpaired) electrons. The number of nitrogens with one attached hydrogen (secondary N) is 1. The van der Waals surface area contributed by atoms with Gasteiger partial charge >= 0.3 is 0 Å². The van der Waals surface area contributed by atoms with Crippen LogP contribution in [0.3, 0.4) is 0 Å². The van der Waals surface area contributed by atoms with Gasteiger partial charge in [0.15, 0.2) is 5.22 Å². The molecule has 1 atom stereocenters. The molecule has 2 aromatic rings. The van der Waals surface area contributed by atoms with Gasteiger partial charge in [-0.2, -0.15) is 0 Å². The maximum absolute atomic E-state index is 5.84. The van der Waals surface area contributed by atoms with Gasteiger partial charge in [-0.1, -0.05) is 6.07 Å². The highest BCUT2D eigenvalue weighted by Crippen LogP contribution is 2.31. The van der Waals surface area contributed by atoms with Crippen LogP contribution in [0.15, 0.2) is 39.2 Å². The Morgan fingerprint density at radius 2 is 2.10 bits per heavy atom. The largest absolute Gasteiger partial charge is 0.490 e. The predicted octanol–water partition coefficient (Wildman–Crippen LogP) is 4.03. The Labute approximate surface area is 137 Å². The molecule has 0 aliphatic carbocycles. The van der Waals surface area contributed by atoms with E-state index < -0.39 is 0 Å². The minimum absolute atomic E-state index is 0.0678. The highest BCUT2D eigenvalue weighted by molar-refractivity contribution is 9.10. The monoisotopic (exact) mass is 373 g/mol. The molecule has 1 heterocycles. The maximum Gasteiger partial charge on any atom is 0.193 e. The van der Waals surface area contributed by atoms with Crippen molar-refractivity contribution in [3.05, 3.63) is 51.3 Å². The first-order valence-electron chi connectivity index (χ1n) is 6.49. The van der Waals surface area contributed by atoms with Crippen molar-refractivity contribution in [3.63, 3.8) is 0 Å². The summed E-state index contributed by atoms with van der Waals surface area (Å²) in [6.07, 6.45) is 0. The zero-order chi connectivity index (χ0) is 15.2.